The van der Waals surface area contributed by atoms with Gasteiger partial charge >= 0.3 is 12.1 Å². The first-order valence-corrected chi connectivity index (χ1v) is 5.16. The van der Waals surface area contributed by atoms with E-state index in [1.54, 1.807) is 0 Å². The number of benzene rings is 1. The van der Waals surface area contributed by atoms with Crippen LogP contribution in [-0.4, -0.2) is 36.4 Å². The monoisotopic (exact) mass is 295 g/mol. The number of hydrogen-bond donors (Lipinski definition) is 2. The number of nitrogens with one attached hydrogen (secondary N) is 1. The molecule has 0 radical (unpaired) electrons. The second-order valence-corrected chi connectivity index (χ2v) is 3.66. The fourth-order valence-electron chi connectivity index (χ4n) is 1.22. The van der Waals surface area contributed by atoms with E-state index in [4.69, 9.17) is 5.11 Å². The zero-order chi connectivity index (χ0) is 15.3. The summed E-state index contributed by atoms with van der Waals surface area (Å²) in [6.45, 7) is -2.44. The molecule has 0 spiro atoms. The number of carbonyl (C=O) groups excluding carboxylic acids is 1. The predicted molar refractivity (Wildman–Crippen MR) is 58.9 cm³/mol. The van der Waals surface area contributed by atoms with E-state index in [2.05, 4.69) is 10.1 Å². The summed E-state index contributed by atoms with van der Waals surface area (Å²) in [4.78, 5) is 21.7. The smallest absolute Gasteiger partial charge is 0.411 e. The number of aromatic carboxylic acids is 1. The summed E-state index contributed by atoms with van der Waals surface area (Å²) in [6.07, 6.45) is -4.55. The van der Waals surface area contributed by atoms with Crippen LogP contribution >= 0.6 is 0 Å². The highest BCUT2D eigenvalue weighted by atomic mass is 19.4. The lowest BCUT2D eigenvalue weighted by Gasteiger charge is -2.08. The van der Waals surface area contributed by atoms with Crippen molar-refractivity contribution >= 4 is 17.6 Å². The van der Waals surface area contributed by atoms with Crippen molar-refractivity contribution < 1.29 is 37.0 Å². The maximum Gasteiger partial charge on any atom is 0.411 e. The Kier molecular flexibility index (Phi) is 5.03. The number of carboxylic acid groups (broad SMARTS) is 1. The van der Waals surface area contributed by atoms with E-state index in [1.165, 1.54) is 0 Å². The highest BCUT2D eigenvalue weighted by molar-refractivity contribution is 5.93. The molecule has 1 aromatic carbocycles. The lowest BCUT2D eigenvalue weighted by atomic mass is 10.2. The third-order valence-corrected chi connectivity index (χ3v) is 1.98. The molecule has 2 N–H and O–H groups in total. The third-order valence-electron chi connectivity index (χ3n) is 1.98. The van der Waals surface area contributed by atoms with Gasteiger partial charge in [0, 0.05) is 5.69 Å². The van der Waals surface area contributed by atoms with Crippen LogP contribution in [0.1, 0.15) is 10.4 Å². The number of amides is 1. The molecule has 1 rings (SSSR count). The van der Waals surface area contributed by atoms with Crippen molar-refractivity contribution in [3.05, 3.63) is 29.6 Å². The summed E-state index contributed by atoms with van der Waals surface area (Å²) in [7, 11) is 0. The minimum Gasteiger partial charge on any atom is -0.478 e. The van der Waals surface area contributed by atoms with Gasteiger partial charge in [0.05, 0.1) is 5.56 Å². The zero-order valence-corrected chi connectivity index (χ0v) is 9.83. The third kappa shape index (κ3) is 5.22. The van der Waals surface area contributed by atoms with Gasteiger partial charge < -0.3 is 15.2 Å². The van der Waals surface area contributed by atoms with Gasteiger partial charge in [0.1, 0.15) is 19.0 Å². The first-order valence-electron chi connectivity index (χ1n) is 5.16. The van der Waals surface area contributed by atoms with Gasteiger partial charge in [-0.2, -0.15) is 13.2 Å². The number of alkyl halides is 3. The number of rotatable bonds is 5. The minimum absolute atomic E-state index is 0.0897. The van der Waals surface area contributed by atoms with Crippen LogP contribution in [0.3, 0.4) is 0 Å². The van der Waals surface area contributed by atoms with Crippen molar-refractivity contribution in [1.29, 1.82) is 0 Å². The molecule has 20 heavy (non-hydrogen) atoms. The largest absolute Gasteiger partial charge is 0.478 e. The van der Waals surface area contributed by atoms with Gasteiger partial charge in [-0.1, -0.05) is 0 Å². The minimum atomic E-state index is -4.55. The van der Waals surface area contributed by atoms with Crippen molar-refractivity contribution in [2.45, 2.75) is 6.18 Å². The summed E-state index contributed by atoms with van der Waals surface area (Å²) in [5.74, 6) is -3.47. The highest BCUT2D eigenvalue weighted by Crippen LogP contribution is 2.16. The van der Waals surface area contributed by atoms with E-state index < -0.39 is 42.6 Å². The summed E-state index contributed by atoms with van der Waals surface area (Å²) in [6, 6.07) is 2.77. The topological polar surface area (TPSA) is 75.6 Å². The van der Waals surface area contributed by atoms with Crippen LogP contribution in [0.5, 0.6) is 0 Å². The Balaban J connectivity index is 2.54. The van der Waals surface area contributed by atoms with E-state index in [9.17, 15) is 27.2 Å². The fraction of sp³-hybridized carbons (Fsp3) is 0.273. The Bertz CT molecular complexity index is 516. The molecule has 0 bridgehead atoms. The molecular formula is C11H9F4NO4. The number of carboxylic acids is 1. The fourth-order valence-corrected chi connectivity index (χ4v) is 1.22. The van der Waals surface area contributed by atoms with Crippen LogP contribution in [0.4, 0.5) is 23.2 Å². The molecule has 0 unspecified atom stereocenters. The number of halogens is 4. The number of hydrogen-bond acceptors (Lipinski definition) is 3. The number of carbonyl (C=O) groups is 2. The lowest BCUT2D eigenvalue weighted by Crippen LogP contribution is -2.24. The maximum atomic E-state index is 13.2. The molecule has 0 aliphatic carbocycles. The molecule has 5 nitrogen and oxygen atoms in total. The summed E-state index contributed by atoms with van der Waals surface area (Å²) in [5.41, 5.74) is -0.676. The summed E-state index contributed by atoms with van der Waals surface area (Å²) in [5, 5.41) is 10.6. The molecule has 0 fully saturated rings. The Labute approximate surface area is 110 Å². The lowest BCUT2D eigenvalue weighted by molar-refractivity contribution is -0.174. The predicted octanol–water partition coefficient (Wildman–Crippen LogP) is 2.04. The SMILES string of the molecule is O=C(COCC(F)(F)F)Nc1ccc(C(=O)O)c(F)c1. The average Bonchev–Trinajstić information content (AvgIpc) is 2.26. The molecular weight excluding hydrogens is 286 g/mol. The first kappa shape index (κ1) is 15.9. The normalized spacial score (nSPS) is 11.2. The first-order chi connectivity index (χ1) is 9.19. The highest BCUT2D eigenvalue weighted by Gasteiger charge is 2.27. The summed E-state index contributed by atoms with van der Waals surface area (Å²) < 4.78 is 52.6. The van der Waals surface area contributed by atoms with Crippen molar-refractivity contribution in [2.24, 2.45) is 0 Å². The Morgan fingerprint density at radius 1 is 1.30 bits per heavy atom. The average molecular weight is 295 g/mol. The van der Waals surface area contributed by atoms with Crippen LogP contribution < -0.4 is 5.32 Å². The van der Waals surface area contributed by atoms with E-state index >= 15 is 0 Å². The molecule has 0 saturated heterocycles. The van der Waals surface area contributed by atoms with Crippen molar-refractivity contribution in [1.82, 2.24) is 0 Å². The van der Waals surface area contributed by atoms with Gasteiger partial charge in [0.15, 0.2) is 0 Å². The van der Waals surface area contributed by atoms with Crippen molar-refractivity contribution in [3.63, 3.8) is 0 Å². The van der Waals surface area contributed by atoms with E-state index in [0.717, 1.165) is 18.2 Å². The molecule has 9 heteroatoms. The molecule has 0 saturated carbocycles. The van der Waals surface area contributed by atoms with Gasteiger partial charge in [-0.25, -0.2) is 9.18 Å². The van der Waals surface area contributed by atoms with Crippen LogP contribution in [0, 0.1) is 5.82 Å². The Hall–Kier alpha value is -2.16. The van der Waals surface area contributed by atoms with Crippen molar-refractivity contribution in [3.8, 4) is 0 Å². The number of anilines is 1. The van der Waals surface area contributed by atoms with Gasteiger partial charge in [-0.05, 0) is 18.2 Å². The van der Waals surface area contributed by atoms with E-state index in [1.807, 2.05) is 0 Å². The van der Waals surface area contributed by atoms with Gasteiger partial charge in [-0.3, -0.25) is 4.79 Å². The van der Waals surface area contributed by atoms with E-state index in [-0.39, 0.29) is 5.69 Å². The molecule has 1 aromatic rings. The van der Waals surface area contributed by atoms with Gasteiger partial charge in [0.2, 0.25) is 5.91 Å². The zero-order valence-electron chi connectivity index (χ0n) is 9.83. The van der Waals surface area contributed by atoms with Gasteiger partial charge in [-0.15, -0.1) is 0 Å². The van der Waals surface area contributed by atoms with Crippen LogP contribution in [0.2, 0.25) is 0 Å². The van der Waals surface area contributed by atoms with Crippen LogP contribution in [0.25, 0.3) is 0 Å². The molecule has 0 aliphatic rings. The number of ether oxygens (including phenoxy) is 1. The molecule has 1 amide bonds. The maximum absolute atomic E-state index is 13.2. The summed E-state index contributed by atoms with van der Waals surface area (Å²) >= 11 is 0. The quantitative estimate of drug-likeness (QED) is 0.815. The molecule has 110 valence electrons. The molecule has 0 aliphatic heterocycles. The molecule has 0 aromatic heterocycles. The van der Waals surface area contributed by atoms with Crippen LogP contribution in [-0.2, 0) is 9.53 Å². The van der Waals surface area contributed by atoms with Gasteiger partial charge in [0.25, 0.3) is 0 Å². The van der Waals surface area contributed by atoms with Crippen molar-refractivity contribution in [2.75, 3.05) is 18.5 Å². The molecule has 0 atom stereocenters. The second kappa shape index (κ2) is 6.33. The standard InChI is InChI=1S/C11H9F4NO4/c12-8-3-6(1-2-7(8)10(18)19)16-9(17)4-20-5-11(13,14)15/h1-3H,4-5H2,(H,16,17)(H,18,19). The Morgan fingerprint density at radius 2 is 1.95 bits per heavy atom. The molecule has 0 heterocycles. The second-order valence-electron chi connectivity index (χ2n) is 3.66. The van der Waals surface area contributed by atoms with E-state index in [0.29, 0.717) is 0 Å². The van der Waals surface area contributed by atoms with Crippen LogP contribution in [0.15, 0.2) is 18.2 Å². The Morgan fingerprint density at radius 3 is 2.45 bits per heavy atom.